The second-order valence-electron chi connectivity index (χ2n) is 6.70. The van der Waals surface area contributed by atoms with E-state index in [1.807, 2.05) is 0 Å². The van der Waals surface area contributed by atoms with Gasteiger partial charge in [-0.3, -0.25) is 5.21 Å². The maximum atomic E-state index is 12.7. The van der Waals surface area contributed by atoms with Crippen molar-refractivity contribution < 1.29 is 27.1 Å². The molecule has 0 unspecified atom stereocenters. The number of hydrogen-bond acceptors (Lipinski definition) is 11. The number of anilines is 1. The van der Waals surface area contributed by atoms with Crippen LogP contribution in [0.1, 0.15) is 0 Å². The minimum atomic E-state index is -4.63. The highest BCUT2D eigenvalue weighted by atomic mass is 32.2. The van der Waals surface area contributed by atoms with Gasteiger partial charge in [-0.1, -0.05) is 24.3 Å². The molecule has 2 heterocycles. The van der Waals surface area contributed by atoms with Crippen LogP contribution in [0, 0.1) is 10.4 Å². The number of aliphatic hydroxyl groups is 1. The molecule has 32 heavy (non-hydrogen) atoms. The summed E-state index contributed by atoms with van der Waals surface area (Å²) in [6.07, 6.45) is 4.69. The van der Waals surface area contributed by atoms with Gasteiger partial charge in [0.05, 0.1) is 28.2 Å². The Labute approximate surface area is 181 Å². The summed E-state index contributed by atoms with van der Waals surface area (Å²) in [5, 5.41) is 40.8. The summed E-state index contributed by atoms with van der Waals surface area (Å²) in [7, 11) is -8.87. The van der Waals surface area contributed by atoms with Crippen molar-refractivity contribution >= 4 is 37.4 Å². The Morgan fingerprint density at radius 1 is 1.00 bits per heavy atom. The molecule has 4 N–H and O–H groups in total. The van der Waals surface area contributed by atoms with Crippen LogP contribution in [0.5, 0.6) is 0 Å². The fourth-order valence-electron chi connectivity index (χ4n) is 3.48. The molecule has 14 heteroatoms. The number of sulfone groups is 1. The molecule has 0 saturated carbocycles. The van der Waals surface area contributed by atoms with E-state index in [9.17, 15) is 22.0 Å². The first kappa shape index (κ1) is 21.9. The first-order valence-electron chi connectivity index (χ1n) is 9.00. The Kier molecular flexibility index (Phi) is 5.47. The van der Waals surface area contributed by atoms with Gasteiger partial charge in [-0.05, 0) is 39.1 Å². The summed E-state index contributed by atoms with van der Waals surface area (Å²) in [6, 6.07) is 7.40. The second kappa shape index (κ2) is 7.99. The molecule has 0 fully saturated rings. The highest BCUT2D eigenvalue weighted by molar-refractivity contribution is 7.93. The number of sulfonamides is 1. The minimum absolute atomic E-state index is 0.211. The standard InChI is InChI=1S/C18H16N6O6S2/c19-32(29,30)17-15(31(27,28)10-9-25)7-6-13(16(17)18-20-22-23-21-18)11-3-1-5-14-12(11)4-2-8-24(14)26/h1-8,25-26H,9-10H2,(H2,19,29,30)/b13-11+. The number of fused-ring (bicyclic) bond motifs is 1. The molecule has 0 radical (unpaired) electrons. The highest BCUT2D eigenvalue weighted by Gasteiger charge is 2.28. The number of allylic oxidation sites excluding steroid dienone is 1. The fourth-order valence-corrected chi connectivity index (χ4v) is 6.16. The lowest BCUT2D eigenvalue weighted by atomic mass is 10.1. The zero-order chi connectivity index (χ0) is 23.1. The molecule has 0 atom stereocenters. The van der Waals surface area contributed by atoms with Gasteiger partial charge in [0.25, 0.3) is 0 Å². The molecular formula is C18H16N6O6S2. The molecule has 0 aliphatic carbocycles. The zero-order valence-electron chi connectivity index (χ0n) is 16.2. The van der Waals surface area contributed by atoms with E-state index in [2.05, 4.69) is 20.7 Å². The van der Waals surface area contributed by atoms with Crippen LogP contribution in [0.2, 0.25) is 0 Å². The highest BCUT2D eigenvalue weighted by Crippen LogP contribution is 2.21. The molecule has 0 spiro atoms. The number of rotatable bonds is 4. The van der Waals surface area contributed by atoms with Crippen molar-refractivity contribution in [2.75, 3.05) is 17.4 Å². The Balaban J connectivity index is 2.38. The predicted molar refractivity (Wildman–Crippen MR) is 111 cm³/mol. The summed E-state index contributed by atoms with van der Waals surface area (Å²) in [4.78, 5) is -1.34. The number of primary sulfonamides is 1. The first-order valence-corrected chi connectivity index (χ1v) is 12.2. The smallest absolute Gasteiger partial charge is 0.240 e. The van der Waals surface area contributed by atoms with Crippen molar-refractivity contribution in [2.24, 2.45) is 25.8 Å². The lowest BCUT2D eigenvalue weighted by Crippen LogP contribution is -2.29. The van der Waals surface area contributed by atoms with Gasteiger partial charge in [0.1, 0.15) is 4.90 Å². The number of nitrogens with zero attached hydrogens (tertiary/aromatic N) is 5. The molecule has 0 saturated heterocycles. The van der Waals surface area contributed by atoms with Gasteiger partial charge in [-0.2, -0.15) is 0 Å². The number of hydrogen-bond donors (Lipinski definition) is 3. The van der Waals surface area contributed by atoms with E-state index in [0.29, 0.717) is 16.1 Å². The third-order valence-electron chi connectivity index (χ3n) is 4.75. The minimum Gasteiger partial charge on any atom is -0.395 e. The molecule has 166 valence electrons. The number of aliphatic hydroxyl groups excluding tert-OH is 1. The van der Waals surface area contributed by atoms with Crippen LogP contribution in [0.3, 0.4) is 0 Å². The van der Waals surface area contributed by atoms with Crippen molar-refractivity contribution in [3.63, 3.8) is 0 Å². The normalized spacial score (nSPS) is 16.3. The van der Waals surface area contributed by atoms with E-state index < -0.39 is 42.0 Å². The quantitative estimate of drug-likeness (QED) is 0.544. The molecule has 2 aromatic rings. The molecule has 2 aliphatic heterocycles. The third-order valence-corrected chi connectivity index (χ3v) is 7.61. The van der Waals surface area contributed by atoms with Crippen molar-refractivity contribution in [1.29, 1.82) is 0 Å². The van der Waals surface area contributed by atoms with Crippen LogP contribution in [-0.4, -0.2) is 39.5 Å². The number of hydroxylamine groups is 1. The molecular weight excluding hydrogens is 460 g/mol. The van der Waals surface area contributed by atoms with Gasteiger partial charge in [-0.25, -0.2) is 27.0 Å². The van der Waals surface area contributed by atoms with Crippen LogP contribution in [0.4, 0.5) is 5.69 Å². The van der Waals surface area contributed by atoms with E-state index in [4.69, 9.17) is 10.2 Å². The maximum Gasteiger partial charge on any atom is 0.240 e. The van der Waals surface area contributed by atoms with Crippen LogP contribution in [0.15, 0.2) is 73.1 Å². The SMILES string of the molecule is NS(=O)(=O)c1c(S(=O)(=O)CCO)cc/c(=c2/cccc3c2=CC=CN3O)c1=C1N=NN=N1. The van der Waals surface area contributed by atoms with Crippen molar-refractivity contribution in [2.45, 2.75) is 9.79 Å². The van der Waals surface area contributed by atoms with Gasteiger partial charge < -0.3 is 5.11 Å². The average Bonchev–Trinajstić information content (AvgIpc) is 3.26. The Morgan fingerprint density at radius 3 is 2.38 bits per heavy atom. The lowest BCUT2D eigenvalue weighted by Gasteiger charge is -2.16. The summed E-state index contributed by atoms with van der Waals surface area (Å²) in [6.45, 7) is -0.723. The average molecular weight is 476 g/mol. The predicted octanol–water partition coefficient (Wildman–Crippen LogP) is -0.211. The molecule has 0 amide bonds. The Morgan fingerprint density at radius 2 is 1.72 bits per heavy atom. The second-order valence-corrected chi connectivity index (χ2v) is 10.3. The number of benzene rings is 2. The van der Waals surface area contributed by atoms with Gasteiger partial charge in [0.15, 0.2) is 9.84 Å². The van der Waals surface area contributed by atoms with E-state index in [-0.39, 0.29) is 16.3 Å². The topological polar surface area (TPSA) is 187 Å². The van der Waals surface area contributed by atoms with Crippen LogP contribution in [0.25, 0.3) is 11.9 Å². The molecule has 2 aromatic carbocycles. The maximum absolute atomic E-state index is 12.7. The van der Waals surface area contributed by atoms with Crippen molar-refractivity contribution in [1.82, 2.24) is 0 Å². The summed E-state index contributed by atoms with van der Waals surface area (Å²) in [5.41, 5.74) is 0.407. The van der Waals surface area contributed by atoms with Gasteiger partial charge in [-0.15, -0.1) is 10.2 Å². The van der Waals surface area contributed by atoms with Crippen molar-refractivity contribution in [3.8, 4) is 0 Å². The van der Waals surface area contributed by atoms with Gasteiger partial charge >= 0.3 is 0 Å². The van der Waals surface area contributed by atoms with Crippen LogP contribution < -0.4 is 20.6 Å². The molecule has 0 bridgehead atoms. The largest absolute Gasteiger partial charge is 0.395 e. The van der Waals surface area contributed by atoms with E-state index >= 15 is 0 Å². The molecule has 2 aliphatic rings. The number of nitrogens with two attached hydrogens (primary N) is 1. The van der Waals surface area contributed by atoms with Gasteiger partial charge in [0, 0.05) is 11.4 Å². The first-order chi connectivity index (χ1) is 15.1. The van der Waals surface area contributed by atoms with Crippen LogP contribution in [-0.2, 0) is 19.9 Å². The van der Waals surface area contributed by atoms with E-state index in [1.165, 1.54) is 12.3 Å². The monoisotopic (exact) mass is 476 g/mol. The van der Waals surface area contributed by atoms with E-state index in [1.54, 1.807) is 30.4 Å². The third kappa shape index (κ3) is 3.74. The van der Waals surface area contributed by atoms with Crippen LogP contribution >= 0.6 is 0 Å². The Bertz CT molecular complexity index is 1630. The van der Waals surface area contributed by atoms with Crippen molar-refractivity contribution in [3.05, 3.63) is 63.5 Å². The summed E-state index contributed by atoms with van der Waals surface area (Å²) >= 11 is 0. The summed E-state index contributed by atoms with van der Waals surface area (Å²) < 4.78 is 50.7. The van der Waals surface area contributed by atoms with E-state index in [0.717, 1.165) is 11.1 Å². The van der Waals surface area contributed by atoms with Gasteiger partial charge in [0.2, 0.25) is 15.8 Å². The Hall–Kier alpha value is -3.30. The zero-order valence-corrected chi connectivity index (χ0v) is 17.8. The molecule has 12 nitrogen and oxygen atoms in total. The molecule has 0 aromatic heterocycles. The fraction of sp³-hybridized carbons (Fsp3) is 0.111. The molecule has 4 rings (SSSR count). The summed E-state index contributed by atoms with van der Waals surface area (Å²) in [5.74, 6) is -0.972. The lowest BCUT2D eigenvalue weighted by molar-refractivity contribution is 0.294.